The number of rotatable bonds is 8. The van der Waals surface area contributed by atoms with Crippen LogP contribution in [0.3, 0.4) is 0 Å². The molecule has 1 aromatic rings. The van der Waals surface area contributed by atoms with E-state index in [2.05, 4.69) is 15.6 Å². The second-order valence-electron chi connectivity index (χ2n) is 6.64. The number of hydrogen-bond donors (Lipinski definition) is 2. The van der Waals surface area contributed by atoms with Gasteiger partial charge in [0.1, 0.15) is 5.75 Å². The largest absolute Gasteiger partial charge is 0.511 e. The van der Waals surface area contributed by atoms with Crippen LogP contribution in [0, 0.1) is 0 Å². The summed E-state index contributed by atoms with van der Waals surface area (Å²) in [5.41, 5.74) is -5.25. The third kappa shape index (κ3) is 7.07. The average Bonchev–Trinajstić information content (AvgIpc) is 2.70. The van der Waals surface area contributed by atoms with Gasteiger partial charge in [0.25, 0.3) is 0 Å². The zero-order valence-corrected chi connectivity index (χ0v) is 17.1. The normalized spacial score (nSPS) is 17.2. The summed E-state index contributed by atoms with van der Waals surface area (Å²) in [4.78, 5) is 4.11. The third-order valence-corrected chi connectivity index (χ3v) is 6.16. The number of para-hydroxylation sites is 1. The van der Waals surface area contributed by atoms with E-state index >= 15 is 0 Å². The van der Waals surface area contributed by atoms with Crippen LogP contribution in [-0.2, 0) is 10.0 Å². The van der Waals surface area contributed by atoms with E-state index in [1.54, 1.807) is 7.05 Å². The fourth-order valence-electron chi connectivity index (χ4n) is 2.92. The number of nitrogens with one attached hydrogen (secondary N) is 2. The highest BCUT2D eigenvalue weighted by Crippen LogP contribution is 2.28. The molecule has 7 nitrogen and oxygen atoms in total. The zero-order chi connectivity index (χ0) is 21.3. The summed E-state index contributed by atoms with van der Waals surface area (Å²) in [5, 5.41) is 6.29. The van der Waals surface area contributed by atoms with Gasteiger partial charge in [-0.25, -0.2) is 8.42 Å². The Bertz CT molecular complexity index is 749. The molecule has 1 fully saturated rings. The average molecular weight is 437 g/mol. The maximum Gasteiger partial charge on any atom is 0.511 e. The van der Waals surface area contributed by atoms with Crippen LogP contribution in [0.15, 0.2) is 35.3 Å². The van der Waals surface area contributed by atoms with Crippen molar-refractivity contribution in [3.05, 3.63) is 30.3 Å². The van der Waals surface area contributed by atoms with E-state index in [4.69, 9.17) is 4.74 Å². The Morgan fingerprint density at radius 1 is 1.21 bits per heavy atom. The van der Waals surface area contributed by atoms with Crippen molar-refractivity contribution in [3.8, 4) is 5.75 Å². The summed E-state index contributed by atoms with van der Waals surface area (Å²) >= 11 is 0. The van der Waals surface area contributed by atoms with Crippen molar-refractivity contribution < 1.29 is 26.3 Å². The van der Waals surface area contributed by atoms with E-state index < -0.39 is 15.5 Å². The monoisotopic (exact) mass is 436 g/mol. The molecule has 0 bridgehead atoms. The molecule has 0 atom stereocenters. The smallest absolute Gasteiger partial charge is 0.494 e. The maximum atomic E-state index is 12.6. The lowest BCUT2D eigenvalue weighted by Crippen LogP contribution is -2.51. The molecule has 1 aliphatic heterocycles. The molecule has 1 saturated heterocycles. The van der Waals surface area contributed by atoms with E-state index in [0.717, 1.165) is 18.6 Å². The number of halogens is 3. The summed E-state index contributed by atoms with van der Waals surface area (Å²) < 4.78 is 66.9. The standard InChI is InChI=1S/C18H27F3N4O3S/c1-22-17(23-11-5-6-14-28-16-7-3-2-4-8-16)24-15-9-12-25(13-10-15)29(26,27)18(19,20)21/h2-4,7-8,15H,5-6,9-14H2,1H3,(H2,22,23,24). The number of sulfonamides is 1. The molecule has 2 N–H and O–H groups in total. The zero-order valence-electron chi connectivity index (χ0n) is 16.3. The van der Waals surface area contributed by atoms with E-state index in [1.165, 1.54) is 0 Å². The minimum absolute atomic E-state index is 0.137. The van der Waals surface area contributed by atoms with Crippen molar-refractivity contribution in [2.75, 3.05) is 33.3 Å². The molecular formula is C18H27F3N4O3S. The first-order chi connectivity index (χ1) is 13.7. The van der Waals surface area contributed by atoms with Gasteiger partial charge in [-0.2, -0.15) is 17.5 Å². The van der Waals surface area contributed by atoms with Gasteiger partial charge < -0.3 is 15.4 Å². The lowest BCUT2D eigenvalue weighted by atomic mass is 10.1. The summed E-state index contributed by atoms with van der Waals surface area (Å²) in [5.74, 6) is 1.38. The second-order valence-corrected chi connectivity index (χ2v) is 8.57. The summed E-state index contributed by atoms with van der Waals surface area (Å²) in [6, 6.07) is 9.41. The van der Waals surface area contributed by atoms with E-state index in [-0.39, 0.29) is 32.0 Å². The second kappa shape index (κ2) is 10.7. The number of ether oxygens (including phenoxy) is 1. The molecule has 1 aliphatic rings. The van der Waals surface area contributed by atoms with Crippen LogP contribution in [0.2, 0.25) is 0 Å². The van der Waals surface area contributed by atoms with Crippen molar-refractivity contribution in [3.63, 3.8) is 0 Å². The molecule has 29 heavy (non-hydrogen) atoms. The number of benzene rings is 1. The van der Waals surface area contributed by atoms with E-state index in [1.807, 2.05) is 30.3 Å². The van der Waals surface area contributed by atoms with Gasteiger partial charge in [0.15, 0.2) is 5.96 Å². The highest BCUT2D eigenvalue weighted by molar-refractivity contribution is 7.90. The number of aliphatic imine (C=N–C) groups is 1. The Labute approximate surface area is 169 Å². The summed E-state index contributed by atoms with van der Waals surface area (Å²) in [6.07, 6.45) is 2.27. The minimum Gasteiger partial charge on any atom is -0.494 e. The molecule has 0 saturated carbocycles. The Hall–Kier alpha value is -2.01. The lowest BCUT2D eigenvalue weighted by molar-refractivity contribution is -0.0494. The van der Waals surface area contributed by atoms with Crippen molar-refractivity contribution >= 4 is 16.0 Å². The van der Waals surface area contributed by atoms with Crippen molar-refractivity contribution in [2.45, 2.75) is 37.2 Å². The molecule has 164 valence electrons. The highest BCUT2D eigenvalue weighted by atomic mass is 32.2. The summed E-state index contributed by atoms with van der Waals surface area (Å²) in [7, 11) is -3.64. The molecule has 11 heteroatoms. The molecule has 0 aliphatic carbocycles. The predicted molar refractivity (Wildman–Crippen MR) is 105 cm³/mol. The number of guanidine groups is 1. The highest BCUT2D eigenvalue weighted by Gasteiger charge is 2.50. The molecule has 0 spiro atoms. The van der Waals surface area contributed by atoms with Crippen LogP contribution >= 0.6 is 0 Å². The molecule has 2 rings (SSSR count). The quantitative estimate of drug-likeness (QED) is 0.371. The molecule has 0 radical (unpaired) electrons. The van der Waals surface area contributed by atoms with Crippen molar-refractivity contribution in [2.24, 2.45) is 4.99 Å². The van der Waals surface area contributed by atoms with E-state index in [0.29, 0.717) is 23.4 Å². The van der Waals surface area contributed by atoms with Crippen LogP contribution in [0.25, 0.3) is 0 Å². The lowest BCUT2D eigenvalue weighted by Gasteiger charge is -2.32. The Morgan fingerprint density at radius 3 is 2.45 bits per heavy atom. The molecular weight excluding hydrogens is 409 g/mol. The number of piperidine rings is 1. The fourth-order valence-corrected chi connectivity index (χ4v) is 3.90. The number of nitrogens with zero attached hydrogens (tertiary/aromatic N) is 2. The van der Waals surface area contributed by atoms with Gasteiger partial charge in [-0.15, -0.1) is 0 Å². The van der Waals surface area contributed by atoms with Gasteiger partial charge in [-0.05, 0) is 37.8 Å². The number of hydrogen-bond acceptors (Lipinski definition) is 4. The fraction of sp³-hybridized carbons (Fsp3) is 0.611. The molecule has 0 amide bonds. The summed E-state index contributed by atoms with van der Waals surface area (Å²) in [6.45, 7) is 0.920. The van der Waals surface area contributed by atoms with Crippen LogP contribution < -0.4 is 15.4 Å². The molecule has 0 aromatic heterocycles. The van der Waals surface area contributed by atoms with Gasteiger partial charge in [0.2, 0.25) is 0 Å². The Morgan fingerprint density at radius 2 is 1.86 bits per heavy atom. The van der Waals surface area contributed by atoms with Crippen LogP contribution in [0.5, 0.6) is 5.75 Å². The SMILES string of the molecule is CN=C(NCCCCOc1ccccc1)NC1CCN(S(=O)(=O)C(F)(F)F)CC1. The van der Waals surface area contributed by atoms with Crippen LogP contribution in [0.4, 0.5) is 13.2 Å². The molecule has 1 heterocycles. The van der Waals surface area contributed by atoms with Crippen LogP contribution in [0.1, 0.15) is 25.7 Å². The third-order valence-electron chi connectivity index (χ3n) is 4.53. The maximum absolute atomic E-state index is 12.6. The van der Waals surface area contributed by atoms with E-state index in [9.17, 15) is 21.6 Å². The molecule has 0 unspecified atom stereocenters. The number of unbranched alkanes of at least 4 members (excludes halogenated alkanes) is 1. The van der Waals surface area contributed by atoms with Crippen LogP contribution in [-0.4, -0.2) is 63.5 Å². The first-order valence-corrected chi connectivity index (χ1v) is 10.9. The molecule has 1 aromatic carbocycles. The van der Waals surface area contributed by atoms with Gasteiger partial charge in [0, 0.05) is 32.7 Å². The predicted octanol–water partition coefficient (Wildman–Crippen LogP) is 2.32. The van der Waals surface area contributed by atoms with Crippen molar-refractivity contribution in [1.82, 2.24) is 14.9 Å². The number of alkyl halides is 3. The Balaban J connectivity index is 1.64. The topological polar surface area (TPSA) is 83.0 Å². The Kier molecular flexibility index (Phi) is 8.57. The van der Waals surface area contributed by atoms with Gasteiger partial charge >= 0.3 is 15.5 Å². The van der Waals surface area contributed by atoms with Gasteiger partial charge in [0.05, 0.1) is 6.61 Å². The first-order valence-electron chi connectivity index (χ1n) is 9.45. The van der Waals surface area contributed by atoms with Gasteiger partial charge in [-0.1, -0.05) is 18.2 Å². The minimum atomic E-state index is -5.25. The van der Waals surface area contributed by atoms with Gasteiger partial charge in [-0.3, -0.25) is 4.99 Å². The van der Waals surface area contributed by atoms with Crippen molar-refractivity contribution in [1.29, 1.82) is 0 Å². The first kappa shape index (κ1) is 23.3.